The molecular weight excluding hydrogens is 184 g/mol. The van der Waals surface area contributed by atoms with Crippen LogP contribution in [0.15, 0.2) is 23.3 Å². The van der Waals surface area contributed by atoms with E-state index in [1.54, 1.807) is 6.08 Å². The number of rotatable bonds is 2. The monoisotopic (exact) mass is 206 g/mol. The molecule has 0 radical (unpaired) electrons. The van der Waals surface area contributed by atoms with Gasteiger partial charge in [0.25, 0.3) is 0 Å². The second kappa shape index (κ2) is 4.34. The maximum absolute atomic E-state index is 12.0. The van der Waals surface area contributed by atoms with Gasteiger partial charge in [-0.15, -0.1) is 0 Å². The van der Waals surface area contributed by atoms with Crippen molar-refractivity contribution in [3.8, 4) is 0 Å². The van der Waals surface area contributed by atoms with Crippen LogP contribution >= 0.6 is 0 Å². The average Bonchev–Trinajstić information content (AvgIpc) is 2.12. The van der Waals surface area contributed by atoms with Crippen molar-refractivity contribution in [2.75, 3.05) is 0 Å². The molecule has 1 aliphatic rings. The smallest absolute Gasteiger partial charge is 0.181 e. The lowest BCUT2D eigenvalue weighted by Gasteiger charge is -2.39. The molecule has 1 atom stereocenters. The first kappa shape index (κ1) is 12.2. The fourth-order valence-electron chi connectivity index (χ4n) is 2.48. The Morgan fingerprint density at radius 3 is 2.60 bits per heavy atom. The summed E-state index contributed by atoms with van der Waals surface area (Å²) in [5.41, 5.74) is 2.35. The predicted octanol–water partition coefficient (Wildman–Crippen LogP) is 3.90. The van der Waals surface area contributed by atoms with Crippen LogP contribution in [-0.4, -0.2) is 5.78 Å². The standard InChI is InChI=1S/C14H22O/c1-6-7-12(15)13-10(2)8-9-11(3)14(13,4)5/h6-7,11H,8-9H2,1-5H3/b7-6+. The van der Waals surface area contributed by atoms with Crippen molar-refractivity contribution in [2.24, 2.45) is 11.3 Å². The summed E-state index contributed by atoms with van der Waals surface area (Å²) in [7, 11) is 0. The molecule has 0 saturated heterocycles. The molecule has 1 nitrogen and oxygen atoms in total. The summed E-state index contributed by atoms with van der Waals surface area (Å²) in [6, 6.07) is 0. The summed E-state index contributed by atoms with van der Waals surface area (Å²) < 4.78 is 0. The van der Waals surface area contributed by atoms with E-state index < -0.39 is 0 Å². The Balaban J connectivity index is 3.16. The molecule has 0 fully saturated rings. The summed E-state index contributed by atoms with van der Waals surface area (Å²) >= 11 is 0. The highest BCUT2D eigenvalue weighted by Crippen LogP contribution is 2.44. The Morgan fingerprint density at radius 1 is 1.47 bits per heavy atom. The van der Waals surface area contributed by atoms with E-state index in [2.05, 4.69) is 27.7 Å². The zero-order valence-electron chi connectivity index (χ0n) is 10.6. The molecule has 84 valence electrons. The number of carbonyl (C=O) groups is 1. The number of carbonyl (C=O) groups excluding carboxylic acids is 1. The Labute approximate surface area is 93.3 Å². The van der Waals surface area contributed by atoms with Gasteiger partial charge >= 0.3 is 0 Å². The minimum absolute atomic E-state index is 0.0267. The fourth-order valence-corrected chi connectivity index (χ4v) is 2.48. The maximum atomic E-state index is 12.0. The van der Waals surface area contributed by atoms with Crippen LogP contribution in [0.3, 0.4) is 0 Å². The van der Waals surface area contributed by atoms with Gasteiger partial charge < -0.3 is 0 Å². The first-order valence-corrected chi connectivity index (χ1v) is 5.78. The summed E-state index contributed by atoms with van der Waals surface area (Å²) in [6.07, 6.45) is 5.80. The molecule has 0 aromatic heterocycles. The van der Waals surface area contributed by atoms with Crippen LogP contribution in [-0.2, 0) is 4.79 Å². The molecule has 0 N–H and O–H groups in total. The molecule has 0 aliphatic heterocycles. The van der Waals surface area contributed by atoms with Crippen LogP contribution < -0.4 is 0 Å². The molecule has 1 heteroatoms. The highest BCUT2D eigenvalue weighted by molar-refractivity contribution is 6.05. The van der Waals surface area contributed by atoms with Gasteiger partial charge in [0, 0.05) is 5.57 Å². The van der Waals surface area contributed by atoms with Crippen LogP contribution in [0.1, 0.15) is 47.5 Å². The molecule has 0 aromatic carbocycles. The van der Waals surface area contributed by atoms with Crippen molar-refractivity contribution in [1.29, 1.82) is 0 Å². The van der Waals surface area contributed by atoms with E-state index in [1.165, 1.54) is 12.0 Å². The number of hydrogen-bond acceptors (Lipinski definition) is 1. The molecule has 0 heterocycles. The summed E-state index contributed by atoms with van der Waals surface area (Å²) in [4.78, 5) is 12.0. The van der Waals surface area contributed by atoms with E-state index in [0.29, 0.717) is 5.92 Å². The molecule has 0 bridgehead atoms. The lowest BCUT2D eigenvalue weighted by atomic mass is 9.65. The van der Waals surface area contributed by atoms with E-state index in [1.807, 2.05) is 13.0 Å². The van der Waals surface area contributed by atoms with Gasteiger partial charge in [-0.05, 0) is 44.1 Å². The lowest BCUT2D eigenvalue weighted by molar-refractivity contribution is -0.112. The SMILES string of the molecule is C/C=C/C(=O)C1=C(C)CCC(C)C1(C)C. The third-order valence-electron chi connectivity index (χ3n) is 3.82. The predicted molar refractivity (Wildman–Crippen MR) is 64.7 cm³/mol. The van der Waals surface area contributed by atoms with E-state index in [4.69, 9.17) is 0 Å². The minimum Gasteiger partial charge on any atom is -0.290 e. The summed E-state index contributed by atoms with van der Waals surface area (Å²) in [5, 5.41) is 0. The topological polar surface area (TPSA) is 17.1 Å². The van der Waals surface area contributed by atoms with Crippen LogP contribution in [0.5, 0.6) is 0 Å². The Hall–Kier alpha value is -0.850. The van der Waals surface area contributed by atoms with Gasteiger partial charge in [0.1, 0.15) is 0 Å². The molecule has 0 aromatic rings. The second-order valence-corrected chi connectivity index (χ2v) is 5.18. The van der Waals surface area contributed by atoms with Gasteiger partial charge in [-0.1, -0.05) is 32.4 Å². The first-order chi connectivity index (χ1) is 6.91. The largest absolute Gasteiger partial charge is 0.290 e. The molecule has 1 rings (SSSR count). The second-order valence-electron chi connectivity index (χ2n) is 5.18. The van der Waals surface area contributed by atoms with E-state index >= 15 is 0 Å². The molecule has 0 saturated carbocycles. The lowest BCUT2D eigenvalue weighted by Crippen LogP contribution is -2.32. The molecule has 0 amide bonds. The zero-order valence-corrected chi connectivity index (χ0v) is 10.6. The minimum atomic E-state index is 0.0267. The maximum Gasteiger partial charge on any atom is 0.181 e. The van der Waals surface area contributed by atoms with Gasteiger partial charge in [-0.2, -0.15) is 0 Å². The molecular formula is C14H22O. The van der Waals surface area contributed by atoms with Crippen LogP contribution in [0.25, 0.3) is 0 Å². The fraction of sp³-hybridized carbons (Fsp3) is 0.643. The van der Waals surface area contributed by atoms with Crippen molar-refractivity contribution >= 4 is 5.78 Å². The number of hydrogen-bond donors (Lipinski definition) is 0. The average molecular weight is 206 g/mol. The van der Waals surface area contributed by atoms with Gasteiger partial charge in [-0.25, -0.2) is 0 Å². The summed E-state index contributed by atoms with van der Waals surface area (Å²) in [5.74, 6) is 0.789. The highest BCUT2D eigenvalue weighted by Gasteiger charge is 2.37. The quantitative estimate of drug-likeness (QED) is 0.626. The highest BCUT2D eigenvalue weighted by atomic mass is 16.1. The third-order valence-corrected chi connectivity index (χ3v) is 3.82. The zero-order chi connectivity index (χ0) is 11.6. The van der Waals surface area contributed by atoms with Crippen molar-refractivity contribution in [2.45, 2.75) is 47.5 Å². The Morgan fingerprint density at radius 2 is 2.07 bits per heavy atom. The van der Waals surface area contributed by atoms with Crippen molar-refractivity contribution in [1.82, 2.24) is 0 Å². The van der Waals surface area contributed by atoms with Crippen LogP contribution in [0.2, 0.25) is 0 Å². The van der Waals surface area contributed by atoms with Crippen molar-refractivity contribution in [3.05, 3.63) is 23.3 Å². The molecule has 0 spiro atoms. The van der Waals surface area contributed by atoms with E-state index in [0.717, 1.165) is 12.0 Å². The summed E-state index contributed by atoms with van der Waals surface area (Å²) in [6.45, 7) is 10.6. The first-order valence-electron chi connectivity index (χ1n) is 5.78. The van der Waals surface area contributed by atoms with Crippen molar-refractivity contribution < 1.29 is 4.79 Å². The Bertz CT molecular complexity index is 318. The molecule has 1 aliphatic carbocycles. The third kappa shape index (κ3) is 2.22. The molecule has 1 unspecified atom stereocenters. The Kier molecular flexibility index (Phi) is 3.54. The number of ketones is 1. The van der Waals surface area contributed by atoms with Gasteiger partial charge in [-0.3, -0.25) is 4.79 Å². The van der Waals surface area contributed by atoms with Gasteiger partial charge in [0.2, 0.25) is 0 Å². The van der Waals surface area contributed by atoms with Crippen LogP contribution in [0.4, 0.5) is 0 Å². The van der Waals surface area contributed by atoms with E-state index in [9.17, 15) is 4.79 Å². The van der Waals surface area contributed by atoms with Gasteiger partial charge in [0.15, 0.2) is 5.78 Å². The normalized spacial score (nSPS) is 26.1. The van der Waals surface area contributed by atoms with Crippen molar-refractivity contribution in [3.63, 3.8) is 0 Å². The molecule has 15 heavy (non-hydrogen) atoms. The van der Waals surface area contributed by atoms with E-state index in [-0.39, 0.29) is 11.2 Å². The van der Waals surface area contributed by atoms with Crippen LogP contribution in [0, 0.1) is 11.3 Å². The number of allylic oxidation sites excluding steroid dienone is 4. The van der Waals surface area contributed by atoms with Gasteiger partial charge in [0.05, 0.1) is 0 Å².